The summed E-state index contributed by atoms with van der Waals surface area (Å²) in [5.41, 5.74) is 3.43. The van der Waals surface area contributed by atoms with Crippen LogP contribution in [-0.4, -0.2) is 56.8 Å². The molecule has 0 saturated carbocycles. The Morgan fingerprint density at radius 3 is 2.45 bits per heavy atom. The van der Waals surface area contributed by atoms with E-state index in [1.807, 2.05) is 46.0 Å². The highest BCUT2D eigenvalue weighted by atomic mass is 32.2. The fourth-order valence-electron chi connectivity index (χ4n) is 3.74. The Morgan fingerprint density at radius 1 is 1.07 bits per heavy atom. The van der Waals surface area contributed by atoms with Gasteiger partial charge >= 0.3 is 0 Å². The fraction of sp³-hybridized carbons (Fsp3) is 0.409. The molecule has 0 N–H and O–H groups in total. The van der Waals surface area contributed by atoms with Crippen LogP contribution in [0, 0.1) is 6.92 Å². The molecule has 0 atom stereocenters. The maximum Gasteiger partial charge on any atom is 0.254 e. The van der Waals surface area contributed by atoms with Crippen LogP contribution < -0.4 is 4.90 Å². The molecule has 2 aromatic rings. The molecule has 1 aliphatic rings. The van der Waals surface area contributed by atoms with Crippen molar-refractivity contribution in [1.29, 1.82) is 0 Å². The first kappa shape index (κ1) is 21.3. The van der Waals surface area contributed by atoms with Crippen molar-refractivity contribution in [2.75, 3.05) is 38.1 Å². The van der Waals surface area contributed by atoms with E-state index < -0.39 is 10.0 Å². The van der Waals surface area contributed by atoms with E-state index in [1.54, 1.807) is 17.0 Å². The van der Waals surface area contributed by atoms with Gasteiger partial charge in [0.2, 0.25) is 10.0 Å². The van der Waals surface area contributed by atoms with E-state index in [0.29, 0.717) is 31.7 Å². The second-order valence-electron chi connectivity index (χ2n) is 7.34. The van der Waals surface area contributed by atoms with E-state index in [-0.39, 0.29) is 10.8 Å². The van der Waals surface area contributed by atoms with Crippen LogP contribution in [0.15, 0.2) is 47.4 Å². The third kappa shape index (κ3) is 4.16. The summed E-state index contributed by atoms with van der Waals surface area (Å²) in [5, 5.41) is 0. The number of anilines is 1. The van der Waals surface area contributed by atoms with Gasteiger partial charge in [-0.05, 0) is 36.2 Å². The minimum absolute atomic E-state index is 0.135. The number of hydrogen-bond donors (Lipinski definition) is 0. The van der Waals surface area contributed by atoms with Crippen molar-refractivity contribution in [2.24, 2.45) is 0 Å². The molecule has 7 heteroatoms. The van der Waals surface area contributed by atoms with Crippen molar-refractivity contribution in [3.63, 3.8) is 0 Å². The topological polar surface area (TPSA) is 60.9 Å². The molecule has 156 valence electrons. The average Bonchev–Trinajstić information content (AvgIpc) is 2.87. The number of carbonyl (C=O) groups excluding carboxylic acids is 1. The second kappa shape index (κ2) is 8.55. The molecule has 0 aromatic heterocycles. The molecule has 0 aliphatic carbocycles. The van der Waals surface area contributed by atoms with Crippen LogP contribution in [0.2, 0.25) is 0 Å². The third-order valence-electron chi connectivity index (χ3n) is 5.54. The number of sulfonamides is 1. The first-order chi connectivity index (χ1) is 13.8. The summed E-state index contributed by atoms with van der Waals surface area (Å²) in [6.45, 7) is 8.07. The molecule has 2 aromatic carbocycles. The lowest BCUT2D eigenvalue weighted by molar-refractivity contribution is 0.0750. The molecule has 1 aliphatic heterocycles. The first-order valence-corrected chi connectivity index (χ1v) is 11.4. The number of fused-ring (bicyclic) bond motifs is 1. The van der Waals surface area contributed by atoms with Gasteiger partial charge in [-0.2, -0.15) is 4.31 Å². The molecule has 0 unspecified atom stereocenters. The van der Waals surface area contributed by atoms with Gasteiger partial charge in [-0.15, -0.1) is 0 Å². The van der Waals surface area contributed by atoms with E-state index in [9.17, 15) is 13.2 Å². The maximum absolute atomic E-state index is 13.4. The Balaban J connectivity index is 1.96. The van der Waals surface area contributed by atoms with Gasteiger partial charge in [0.15, 0.2) is 0 Å². The molecule has 0 saturated heterocycles. The number of para-hydroxylation sites is 1. The lowest BCUT2D eigenvalue weighted by atomic mass is 10.1. The average molecular weight is 416 g/mol. The summed E-state index contributed by atoms with van der Waals surface area (Å²) in [4.78, 5) is 17.5. The number of hydrogen-bond acceptors (Lipinski definition) is 4. The predicted octanol–water partition coefficient (Wildman–Crippen LogP) is 3.12. The van der Waals surface area contributed by atoms with E-state index in [4.69, 9.17) is 0 Å². The minimum Gasteiger partial charge on any atom is -0.373 e. The molecule has 0 radical (unpaired) electrons. The van der Waals surface area contributed by atoms with Crippen LogP contribution in [0.3, 0.4) is 0 Å². The molecule has 3 rings (SSSR count). The molecular formula is C22H29N3O3S. The molecule has 6 nitrogen and oxygen atoms in total. The lowest BCUT2D eigenvalue weighted by Gasteiger charge is -2.23. The normalized spacial score (nSPS) is 14.7. The van der Waals surface area contributed by atoms with E-state index >= 15 is 0 Å². The largest absolute Gasteiger partial charge is 0.373 e. The van der Waals surface area contributed by atoms with Crippen molar-refractivity contribution in [3.8, 4) is 0 Å². The van der Waals surface area contributed by atoms with Gasteiger partial charge < -0.3 is 9.80 Å². The van der Waals surface area contributed by atoms with Crippen LogP contribution in [0.25, 0.3) is 0 Å². The van der Waals surface area contributed by atoms with Gasteiger partial charge in [0.05, 0.1) is 4.90 Å². The summed E-state index contributed by atoms with van der Waals surface area (Å²) in [6.07, 6.45) is 0. The maximum atomic E-state index is 13.4. The van der Waals surface area contributed by atoms with Crippen molar-refractivity contribution in [2.45, 2.75) is 32.2 Å². The number of benzene rings is 2. The van der Waals surface area contributed by atoms with Crippen molar-refractivity contribution < 1.29 is 13.2 Å². The predicted molar refractivity (Wildman–Crippen MR) is 116 cm³/mol. The quantitative estimate of drug-likeness (QED) is 0.753. The molecule has 1 heterocycles. The monoisotopic (exact) mass is 415 g/mol. The summed E-state index contributed by atoms with van der Waals surface area (Å²) in [7, 11) is -1.59. The lowest BCUT2D eigenvalue weighted by Crippen LogP contribution is -2.35. The standard InChI is InChI=1S/C22H29N3O3S/c1-5-25(6-2)29(27,28)19-12-11-17(3)20(15-19)22(26)24-14-13-23(4)21-10-8-7-9-18(21)16-24/h7-12,15H,5-6,13-14,16H2,1-4H3. The highest BCUT2D eigenvalue weighted by Gasteiger charge is 2.26. The summed E-state index contributed by atoms with van der Waals surface area (Å²) in [5.74, 6) is -0.135. The van der Waals surface area contributed by atoms with Crippen molar-refractivity contribution >= 4 is 21.6 Å². The zero-order valence-electron chi connectivity index (χ0n) is 17.6. The molecular weight excluding hydrogens is 386 g/mol. The Bertz CT molecular complexity index is 1000. The fourth-order valence-corrected chi connectivity index (χ4v) is 5.23. The smallest absolute Gasteiger partial charge is 0.254 e. The van der Waals surface area contributed by atoms with Crippen LogP contribution >= 0.6 is 0 Å². The number of amides is 1. The number of carbonyl (C=O) groups is 1. The number of likely N-dealkylation sites (N-methyl/N-ethyl adjacent to an activating group) is 1. The van der Waals surface area contributed by atoms with Gasteiger partial charge in [0.1, 0.15) is 0 Å². The summed E-state index contributed by atoms with van der Waals surface area (Å²) in [6, 6.07) is 12.9. The van der Waals surface area contributed by atoms with Gasteiger partial charge in [0, 0.05) is 51.0 Å². The molecule has 0 spiro atoms. The number of rotatable bonds is 5. The first-order valence-electron chi connectivity index (χ1n) is 9.98. The zero-order chi connectivity index (χ0) is 21.2. The van der Waals surface area contributed by atoms with Gasteiger partial charge in [0.25, 0.3) is 5.91 Å². The van der Waals surface area contributed by atoms with Crippen molar-refractivity contribution in [1.82, 2.24) is 9.21 Å². The molecule has 0 fully saturated rings. The van der Waals surface area contributed by atoms with Gasteiger partial charge in [-0.1, -0.05) is 38.1 Å². The Hall–Kier alpha value is -2.38. The minimum atomic E-state index is -3.61. The van der Waals surface area contributed by atoms with E-state index in [0.717, 1.165) is 23.4 Å². The van der Waals surface area contributed by atoms with Gasteiger partial charge in [-0.25, -0.2) is 8.42 Å². The van der Waals surface area contributed by atoms with Crippen LogP contribution in [0.5, 0.6) is 0 Å². The second-order valence-corrected chi connectivity index (χ2v) is 9.28. The van der Waals surface area contributed by atoms with Crippen LogP contribution in [0.1, 0.15) is 35.3 Å². The number of aryl methyl sites for hydroxylation is 1. The highest BCUT2D eigenvalue weighted by molar-refractivity contribution is 7.89. The highest BCUT2D eigenvalue weighted by Crippen LogP contribution is 2.26. The van der Waals surface area contributed by atoms with E-state index in [2.05, 4.69) is 11.0 Å². The van der Waals surface area contributed by atoms with Crippen LogP contribution in [0.4, 0.5) is 5.69 Å². The Kier molecular flexibility index (Phi) is 6.29. The third-order valence-corrected chi connectivity index (χ3v) is 7.59. The SMILES string of the molecule is CCN(CC)S(=O)(=O)c1ccc(C)c(C(=O)N2CCN(C)c3ccccc3C2)c1. The Labute approximate surface area is 173 Å². The molecule has 29 heavy (non-hydrogen) atoms. The Morgan fingerprint density at radius 2 is 1.76 bits per heavy atom. The molecule has 0 bridgehead atoms. The van der Waals surface area contributed by atoms with Crippen molar-refractivity contribution in [3.05, 3.63) is 59.2 Å². The summed E-state index contributed by atoms with van der Waals surface area (Å²) >= 11 is 0. The van der Waals surface area contributed by atoms with Crippen LogP contribution in [-0.2, 0) is 16.6 Å². The molecule has 1 amide bonds. The van der Waals surface area contributed by atoms with Gasteiger partial charge in [-0.3, -0.25) is 4.79 Å². The number of nitrogens with zero attached hydrogens (tertiary/aromatic N) is 3. The van der Waals surface area contributed by atoms with E-state index in [1.165, 1.54) is 10.4 Å². The summed E-state index contributed by atoms with van der Waals surface area (Å²) < 4.78 is 27.2. The zero-order valence-corrected chi connectivity index (χ0v) is 18.4.